The standard InChI is InChI=1S/C20H24N6O/c1-14-5-3-6-15(2)19(14)26-20(22-23-24-26)18-9-8-17(13-27)25(18)12-16-7-4-10-21-11-16/h3-7,10-11,17-18,27H,8-9,12-13H2,1-2H3/t17-,18+/m0/s1. The van der Waals surface area contributed by atoms with E-state index < -0.39 is 0 Å². The van der Waals surface area contributed by atoms with Crippen molar-refractivity contribution in [2.24, 2.45) is 0 Å². The van der Waals surface area contributed by atoms with E-state index in [1.54, 1.807) is 6.20 Å². The Bertz CT molecular complexity index is 890. The Morgan fingerprint density at radius 2 is 1.93 bits per heavy atom. The maximum Gasteiger partial charge on any atom is 0.173 e. The first-order valence-electron chi connectivity index (χ1n) is 9.29. The smallest absolute Gasteiger partial charge is 0.173 e. The van der Waals surface area contributed by atoms with Crippen LogP contribution >= 0.6 is 0 Å². The minimum absolute atomic E-state index is 0.0522. The number of aliphatic hydroxyl groups is 1. The van der Waals surface area contributed by atoms with Gasteiger partial charge in [0.15, 0.2) is 5.82 Å². The number of benzene rings is 1. The molecule has 1 aliphatic rings. The van der Waals surface area contributed by atoms with Gasteiger partial charge < -0.3 is 5.11 Å². The zero-order valence-corrected chi connectivity index (χ0v) is 15.7. The molecule has 2 aromatic heterocycles. The summed E-state index contributed by atoms with van der Waals surface area (Å²) in [5, 5.41) is 22.5. The van der Waals surface area contributed by atoms with Crippen molar-refractivity contribution in [2.45, 2.75) is 45.3 Å². The van der Waals surface area contributed by atoms with Crippen molar-refractivity contribution >= 4 is 0 Å². The number of likely N-dealkylation sites (tertiary alicyclic amines) is 1. The lowest BCUT2D eigenvalue weighted by molar-refractivity contribution is 0.118. The Kier molecular flexibility index (Phi) is 4.96. The van der Waals surface area contributed by atoms with Gasteiger partial charge in [-0.15, -0.1) is 5.10 Å². The number of tetrazole rings is 1. The first-order chi connectivity index (χ1) is 13.2. The molecule has 1 fully saturated rings. The van der Waals surface area contributed by atoms with Gasteiger partial charge in [0.25, 0.3) is 0 Å². The summed E-state index contributed by atoms with van der Waals surface area (Å²) in [6, 6.07) is 10.3. The second-order valence-electron chi connectivity index (χ2n) is 7.15. The predicted octanol–water partition coefficient (Wildman–Crippen LogP) is 2.37. The molecule has 1 N–H and O–H groups in total. The SMILES string of the molecule is Cc1cccc(C)c1-n1nnnc1[C@H]1CC[C@@H](CO)N1Cc1cccnc1. The van der Waals surface area contributed by atoms with Gasteiger partial charge in [-0.3, -0.25) is 9.88 Å². The van der Waals surface area contributed by atoms with Crippen molar-refractivity contribution in [3.63, 3.8) is 0 Å². The maximum absolute atomic E-state index is 9.89. The number of para-hydroxylation sites is 1. The lowest BCUT2D eigenvalue weighted by atomic mass is 10.1. The lowest BCUT2D eigenvalue weighted by Crippen LogP contribution is -2.34. The van der Waals surface area contributed by atoms with Crippen LogP contribution in [0.2, 0.25) is 0 Å². The second kappa shape index (κ2) is 7.54. The number of nitrogens with zero attached hydrogens (tertiary/aromatic N) is 6. The number of aliphatic hydroxyl groups excluding tert-OH is 1. The Hall–Kier alpha value is -2.64. The molecule has 3 aromatic rings. The third kappa shape index (κ3) is 3.36. The summed E-state index contributed by atoms with van der Waals surface area (Å²) in [6.07, 6.45) is 5.48. The van der Waals surface area contributed by atoms with Gasteiger partial charge in [-0.2, -0.15) is 4.68 Å². The van der Waals surface area contributed by atoms with Gasteiger partial charge in [-0.05, 0) is 59.9 Å². The highest BCUT2D eigenvalue weighted by molar-refractivity contribution is 5.46. The van der Waals surface area contributed by atoms with Gasteiger partial charge in [-0.1, -0.05) is 24.3 Å². The summed E-state index contributed by atoms with van der Waals surface area (Å²) in [5.41, 5.74) is 4.43. The number of hydrogen-bond acceptors (Lipinski definition) is 6. The lowest BCUT2D eigenvalue weighted by Gasteiger charge is -2.28. The minimum Gasteiger partial charge on any atom is -0.395 e. The van der Waals surface area contributed by atoms with E-state index in [0.29, 0.717) is 6.54 Å². The topological polar surface area (TPSA) is 80.0 Å². The van der Waals surface area contributed by atoms with E-state index in [2.05, 4.69) is 57.5 Å². The van der Waals surface area contributed by atoms with E-state index in [9.17, 15) is 5.11 Å². The molecule has 0 aliphatic carbocycles. The van der Waals surface area contributed by atoms with Gasteiger partial charge >= 0.3 is 0 Å². The molecule has 0 radical (unpaired) electrons. The Labute approximate surface area is 158 Å². The van der Waals surface area contributed by atoms with Crippen LogP contribution < -0.4 is 0 Å². The Morgan fingerprint density at radius 1 is 1.11 bits per heavy atom. The second-order valence-corrected chi connectivity index (χ2v) is 7.15. The van der Waals surface area contributed by atoms with Crippen molar-refractivity contribution in [3.8, 4) is 5.69 Å². The molecular weight excluding hydrogens is 340 g/mol. The number of pyridine rings is 1. The molecule has 0 bridgehead atoms. The van der Waals surface area contributed by atoms with Crippen molar-refractivity contribution in [3.05, 3.63) is 65.2 Å². The molecule has 0 spiro atoms. The van der Waals surface area contributed by atoms with Crippen molar-refractivity contribution in [1.82, 2.24) is 30.1 Å². The zero-order chi connectivity index (χ0) is 18.8. The summed E-state index contributed by atoms with van der Waals surface area (Å²) in [7, 11) is 0. The molecule has 27 heavy (non-hydrogen) atoms. The molecule has 4 rings (SSSR count). The molecule has 0 saturated carbocycles. The fraction of sp³-hybridized carbons (Fsp3) is 0.400. The summed E-state index contributed by atoms with van der Waals surface area (Å²) in [4.78, 5) is 6.52. The summed E-state index contributed by atoms with van der Waals surface area (Å²) < 4.78 is 1.87. The molecule has 7 nitrogen and oxygen atoms in total. The maximum atomic E-state index is 9.89. The van der Waals surface area contributed by atoms with Gasteiger partial charge in [0.05, 0.1) is 18.3 Å². The van der Waals surface area contributed by atoms with Gasteiger partial charge in [-0.25, -0.2) is 0 Å². The number of rotatable bonds is 5. The van der Waals surface area contributed by atoms with Crippen LogP contribution in [0.25, 0.3) is 5.69 Å². The monoisotopic (exact) mass is 364 g/mol. The van der Waals surface area contributed by atoms with E-state index in [4.69, 9.17) is 0 Å². The zero-order valence-electron chi connectivity index (χ0n) is 15.7. The van der Waals surface area contributed by atoms with Crippen LogP contribution in [0, 0.1) is 13.8 Å². The van der Waals surface area contributed by atoms with Crippen LogP contribution in [0.1, 0.15) is 41.4 Å². The largest absolute Gasteiger partial charge is 0.395 e. The molecule has 3 heterocycles. The van der Waals surface area contributed by atoms with E-state index in [1.165, 1.54) is 0 Å². The molecule has 2 atom stereocenters. The molecule has 0 amide bonds. The molecule has 0 unspecified atom stereocenters. The van der Waals surface area contributed by atoms with E-state index in [-0.39, 0.29) is 18.7 Å². The van der Waals surface area contributed by atoms with E-state index in [1.807, 2.05) is 23.0 Å². The molecule has 1 saturated heterocycles. The Balaban J connectivity index is 1.71. The third-order valence-electron chi connectivity index (χ3n) is 5.38. The van der Waals surface area contributed by atoms with Crippen molar-refractivity contribution in [2.75, 3.05) is 6.61 Å². The third-order valence-corrected chi connectivity index (χ3v) is 5.38. The Morgan fingerprint density at radius 3 is 2.63 bits per heavy atom. The van der Waals surface area contributed by atoms with E-state index >= 15 is 0 Å². The fourth-order valence-corrected chi connectivity index (χ4v) is 4.05. The summed E-state index contributed by atoms with van der Waals surface area (Å²) in [6.45, 7) is 4.99. The first-order valence-corrected chi connectivity index (χ1v) is 9.29. The quantitative estimate of drug-likeness (QED) is 0.749. The molecule has 1 aromatic carbocycles. The molecular formula is C20H24N6O. The number of aromatic nitrogens is 5. The van der Waals surface area contributed by atoms with Crippen LogP contribution in [0.4, 0.5) is 0 Å². The highest BCUT2D eigenvalue weighted by Gasteiger charge is 2.37. The average molecular weight is 364 g/mol. The van der Waals surface area contributed by atoms with Gasteiger partial charge in [0.2, 0.25) is 0 Å². The summed E-state index contributed by atoms with van der Waals surface area (Å²) in [5.74, 6) is 0.826. The minimum atomic E-state index is 0.0522. The van der Waals surface area contributed by atoms with Crippen LogP contribution in [0.3, 0.4) is 0 Å². The van der Waals surface area contributed by atoms with Crippen molar-refractivity contribution < 1.29 is 5.11 Å². The van der Waals surface area contributed by atoms with Gasteiger partial charge in [0.1, 0.15) is 0 Å². The van der Waals surface area contributed by atoms with Crippen LogP contribution in [0.15, 0.2) is 42.7 Å². The van der Waals surface area contributed by atoms with E-state index in [0.717, 1.165) is 41.0 Å². The van der Waals surface area contributed by atoms with Crippen LogP contribution in [0.5, 0.6) is 0 Å². The fourth-order valence-electron chi connectivity index (χ4n) is 4.05. The predicted molar refractivity (Wildman–Crippen MR) is 101 cm³/mol. The molecule has 140 valence electrons. The highest BCUT2D eigenvalue weighted by atomic mass is 16.3. The average Bonchev–Trinajstić information content (AvgIpc) is 3.29. The van der Waals surface area contributed by atoms with Gasteiger partial charge in [0, 0.05) is 25.0 Å². The van der Waals surface area contributed by atoms with Crippen LogP contribution in [-0.2, 0) is 6.54 Å². The molecule has 1 aliphatic heterocycles. The number of hydrogen-bond donors (Lipinski definition) is 1. The first kappa shape index (κ1) is 17.8. The normalized spacial score (nSPS) is 20.3. The molecule has 7 heteroatoms. The van der Waals surface area contributed by atoms with Crippen LogP contribution in [-0.4, -0.2) is 47.8 Å². The van der Waals surface area contributed by atoms with Crippen molar-refractivity contribution in [1.29, 1.82) is 0 Å². The highest BCUT2D eigenvalue weighted by Crippen LogP contribution is 2.37. The summed E-state index contributed by atoms with van der Waals surface area (Å²) >= 11 is 0. The number of aryl methyl sites for hydroxylation is 2.